The van der Waals surface area contributed by atoms with Crippen molar-refractivity contribution in [3.8, 4) is 11.3 Å². The number of rotatable bonds is 5. The minimum absolute atomic E-state index is 0.0489. The zero-order valence-corrected chi connectivity index (χ0v) is 18.9. The van der Waals surface area contributed by atoms with Crippen LogP contribution < -0.4 is 5.32 Å². The van der Waals surface area contributed by atoms with Gasteiger partial charge in [0.2, 0.25) is 0 Å². The Labute approximate surface area is 206 Å². The largest absolute Gasteiger partial charge is 0.433 e. The highest BCUT2D eigenvalue weighted by molar-refractivity contribution is 6.30. The summed E-state index contributed by atoms with van der Waals surface area (Å²) in [6.45, 7) is 0.128. The van der Waals surface area contributed by atoms with Gasteiger partial charge in [0.05, 0.1) is 24.1 Å². The molecule has 1 amide bonds. The van der Waals surface area contributed by atoms with Crippen molar-refractivity contribution < 1.29 is 22.4 Å². The summed E-state index contributed by atoms with van der Waals surface area (Å²) < 4.78 is 57.3. The molecule has 3 aromatic heterocycles. The van der Waals surface area contributed by atoms with Crippen molar-refractivity contribution in [2.45, 2.75) is 12.7 Å². The van der Waals surface area contributed by atoms with Crippen LogP contribution in [-0.4, -0.2) is 30.3 Å². The van der Waals surface area contributed by atoms with Gasteiger partial charge in [-0.2, -0.15) is 23.4 Å². The molecule has 0 spiro atoms. The molecule has 5 rings (SSSR count). The van der Waals surface area contributed by atoms with E-state index in [9.17, 15) is 22.4 Å². The lowest BCUT2D eigenvalue weighted by molar-refractivity contribution is -0.142. The molecular formula is C24H15ClF4N6O. The molecule has 12 heteroatoms. The van der Waals surface area contributed by atoms with Gasteiger partial charge in [0.1, 0.15) is 5.82 Å². The molecule has 1 N–H and O–H groups in total. The Balaban J connectivity index is 1.43. The molecule has 3 heterocycles. The van der Waals surface area contributed by atoms with E-state index >= 15 is 0 Å². The second-order valence-electron chi connectivity index (χ2n) is 7.80. The Kier molecular flexibility index (Phi) is 5.92. The van der Waals surface area contributed by atoms with Crippen molar-refractivity contribution in [3.05, 3.63) is 101 Å². The van der Waals surface area contributed by atoms with E-state index in [1.807, 2.05) is 0 Å². The summed E-state index contributed by atoms with van der Waals surface area (Å²) in [5.74, 6) is -1.15. The van der Waals surface area contributed by atoms with Gasteiger partial charge in [0, 0.05) is 28.4 Å². The molecule has 0 saturated heterocycles. The van der Waals surface area contributed by atoms with E-state index in [4.69, 9.17) is 11.6 Å². The first kappa shape index (κ1) is 23.5. The fraction of sp³-hybridized carbons (Fsp3) is 0.0833. The lowest BCUT2D eigenvalue weighted by atomic mass is 10.1. The van der Waals surface area contributed by atoms with Crippen LogP contribution in [0.4, 0.5) is 23.2 Å². The maximum Gasteiger partial charge on any atom is 0.433 e. The fourth-order valence-corrected chi connectivity index (χ4v) is 3.69. The molecule has 182 valence electrons. The molecule has 36 heavy (non-hydrogen) atoms. The van der Waals surface area contributed by atoms with E-state index in [-0.39, 0.29) is 29.3 Å². The van der Waals surface area contributed by atoms with Gasteiger partial charge in [0.25, 0.3) is 5.91 Å². The van der Waals surface area contributed by atoms with Crippen LogP contribution in [0, 0.1) is 5.82 Å². The average Bonchev–Trinajstić information content (AvgIpc) is 3.46. The first-order chi connectivity index (χ1) is 17.2. The van der Waals surface area contributed by atoms with E-state index in [0.29, 0.717) is 20.7 Å². The zero-order chi connectivity index (χ0) is 25.4. The van der Waals surface area contributed by atoms with Crippen molar-refractivity contribution in [2.24, 2.45) is 0 Å². The first-order valence-electron chi connectivity index (χ1n) is 10.5. The van der Waals surface area contributed by atoms with Crippen LogP contribution in [0.3, 0.4) is 0 Å². The predicted molar refractivity (Wildman–Crippen MR) is 124 cm³/mol. The molecular weight excluding hydrogens is 500 g/mol. The third kappa shape index (κ3) is 4.78. The minimum atomic E-state index is -4.75. The van der Waals surface area contributed by atoms with Crippen LogP contribution in [0.5, 0.6) is 0 Å². The van der Waals surface area contributed by atoms with Crippen LogP contribution in [-0.2, 0) is 12.7 Å². The number of halogens is 5. The highest BCUT2D eigenvalue weighted by atomic mass is 35.5. The van der Waals surface area contributed by atoms with Crippen LogP contribution in [0.1, 0.15) is 21.7 Å². The summed E-state index contributed by atoms with van der Waals surface area (Å²) in [5, 5.41) is 10.9. The third-order valence-electron chi connectivity index (χ3n) is 5.27. The molecule has 0 aliphatic carbocycles. The van der Waals surface area contributed by atoms with Gasteiger partial charge < -0.3 is 5.32 Å². The summed E-state index contributed by atoms with van der Waals surface area (Å²) in [6, 6.07) is 14.4. The minimum Gasteiger partial charge on any atom is -0.318 e. The number of carbonyl (C=O) groups excluding carboxylic acids is 1. The zero-order valence-electron chi connectivity index (χ0n) is 18.2. The summed E-state index contributed by atoms with van der Waals surface area (Å²) in [6.07, 6.45) is -1.94. The molecule has 2 aromatic carbocycles. The number of nitrogens with one attached hydrogen (secondary N) is 1. The van der Waals surface area contributed by atoms with Crippen LogP contribution in [0.15, 0.2) is 73.1 Å². The van der Waals surface area contributed by atoms with Crippen molar-refractivity contribution in [3.63, 3.8) is 0 Å². The number of hydrogen-bond donors (Lipinski definition) is 1. The van der Waals surface area contributed by atoms with Gasteiger partial charge in [-0.3, -0.25) is 9.48 Å². The fourth-order valence-electron chi connectivity index (χ4n) is 3.57. The number of nitrogens with zero attached hydrogens (tertiary/aromatic N) is 5. The van der Waals surface area contributed by atoms with Gasteiger partial charge in [-0.15, -0.1) is 0 Å². The Morgan fingerprint density at radius 2 is 1.81 bits per heavy atom. The van der Waals surface area contributed by atoms with Crippen LogP contribution in [0.2, 0.25) is 5.02 Å². The molecule has 0 fully saturated rings. The SMILES string of the molecule is O=C(Nc1cnn(Cc2ccccc2F)c1)c1cc2nc(-c3ccc(Cl)cc3)cc(C(F)(F)F)n2n1. The van der Waals surface area contributed by atoms with Gasteiger partial charge in [-0.1, -0.05) is 41.9 Å². The number of amides is 1. The monoisotopic (exact) mass is 514 g/mol. The Bertz CT molecular complexity index is 1580. The number of aromatic nitrogens is 5. The van der Waals surface area contributed by atoms with E-state index in [0.717, 1.165) is 12.1 Å². The van der Waals surface area contributed by atoms with Gasteiger partial charge in [-0.05, 0) is 24.3 Å². The second kappa shape index (κ2) is 9.08. The van der Waals surface area contributed by atoms with Gasteiger partial charge >= 0.3 is 6.18 Å². The summed E-state index contributed by atoms with van der Waals surface area (Å²) in [4.78, 5) is 17.0. The number of hydrogen-bond acceptors (Lipinski definition) is 4. The van der Waals surface area contributed by atoms with Crippen molar-refractivity contribution in [1.29, 1.82) is 0 Å². The number of anilines is 1. The maximum atomic E-state index is 13.9. The van der Waals surface area contributed by atoms with Crippen molar-refractivity contribution in [2.75, 3.05) is 5.32 Å². The topological polar surface area (TPSA) is 77.1 Å². The highest BCUT2D eigenvalue weighted by Crippen LogP contribution is 2.32. The van der Waals surface area contributed by atoms with Crippen molar-refractivity contribution >= 4 is 28.8 Å². The Morgan fingerprint density at radius 1 is 1.06 bits per heavy atom. The smallest absolute Gasteiger partial charge is 0.318 e. The molecule has 0 unspecified atom stereocenters. The van der Waals surface area contributed by atoms with Crippen LogP contribution >= 0.6 is 11.6 Å². The third-order valence-corrected chi connectivity index (χ3v) is 5.52. The summed E-state index contributed by atoms with van der Waals surface area (Å²) in [5.41, 5.74) is -0.387. The van der Waals surface area contributed by atoms with Crippen molar-refractivity contribution in [1.82, 2.24) is 24.4 Å². The van der Waals surface area contributed by atoms with Gasteiger partial charge in [-0.25, -0.2) is 13.9 Å². The Hall–Kier alpha value is -4.25. The van der Waals surface area contributed by atoms with Crippen LogP contribution in [0.25, 0.3) is 16.9 Å². The molecule has 0 bridgehead atoms. The quantitative estimate of drug-likeness (QED) is 0.305. The molecule has 0 atom stereocenters. The maximum absolute atomic E-state index is 13.9. The molecule has 5 aromatic rings. The molecule has 0 aliphatic heterocycles. The molecule has 7 nitrogen and oxygen atoms in total. The number of carbonyl (C=O) groups is 1. The number of fused-ring (bicyclic) bond motifs is 1. The van der Waals surface area contributed by atoms with Gasteiger partial charge in [0.15, 0.2) is 17.0 Å². The second-order valence-corrected chi connectivity index (χ2v) is 8.24. The highest BCUT2D eigenvalue weighted by Gasteiger charge is 2.35. The summed E-state index contributed by atoms with van der Waals surface area (Å²) in [7, 11) is 0. The molecule has 0 radical (unpaired) electrons. The lowest BCUT2D eigenvalue weighted by Crippen LogP contribution is -2.15. The first-order valence-corrected chi connectivity index (χ1v) is 10.9. The standard InChI is InChI=1S/C24H15ClF4N6O/c25-16-7-5-14(6-8-16)19-9-21(24(27,28)29)35-22(32-19)10-20(33-35)23(36)31-17-11-30-34(13-17)12-15-3-1-2-4-18(15)26/h1-11,13H,12H2,(H,31,36). The normalized spacial score (nSPS) is 11.7. The molecule has 0 aliphatic rings. The predicted octanol–water partition coefficient (Wildman–Crippen LogP) is 5.70. The average molecular weight is 515 g/mol. The molecule has 0 saturated carbocycles. The number of alkyl halides is 3. The Morgan fingerprint density at radius 3 is 2.53 bits per heavy atom. The van der Waals surface area contributed by atoms with E-state index in [1.165, 1.54) is 35.3 Å². The van der Waals surface area contributed by atoms with E-state index in [1.54, 1.807) is 30.3 Å². The lowest BCUT2D eigenvalue weighted by Gasteiger charge is -2.11. The van der Waals surface area contributed by atoms with E-state index in [2.05, 4.69) is 20.5 Å². The van der Waals surface area contributed by atoms with E-state index < -0.39 is 23.6 Å². The number of benzene rings is 2. The summed E-state index contributed by atoms with van der Waals surface area (Å²) >= 11 is 5.87.